The summed E-state index contributed by atoms with van der Waals surface area (Å²) in [6, 6.07) is 0. The predicted molar refractivity (Wildman–Crippen MR) is 59.3 cm³/mol. The Hall–Kier alpha value is -2.01. The molecule has 0 amide bonds. The molecular formula is C13H9F6O6-. The maximum Gasteiger partial charge on any atom is 0.411 e. The van der Waals surface area contributed by atoms with E-state index in [1.807, 2.05) is 0 Å². The van der Waals surface area contributed by atoms with Gasteiger partial charge in [-0.3, -0.25) is 4.79 Å². The van der Waals surface area contributed by atoms with E-state index in [0.29, 0.717) is 0 Å². The van der Waals surface area contributed by atoms with Gasteiger partial charge in [-0.25, -0.2) is 4.79 Å². The molecule has 0 aromatic heterocycles. The van der Waals surface area contributed by atoms with Crippen molar-refractivity contribution in [2.24, 2.45) is 17.8 Å². The molecule has 1 heterocycles. The third-order valence-electron chi connectivity index (χ3n) is 4.96. The van der Waals surface area contributed by atoms with Crippen molar-refractivity contribution < 1.29 is 55.3 Å². The number of esters is 2. The molecule has 0 aromatic rings. The summed E-state index contributed by atoms with van der Waals surface area (Å²) >= 11 is 0. The van der Waals surface area contributed by atoms with E-state index in [1.54, 1.807) is 0 Å². The largest absolute Gasteiger partial charge is 0.544 e. The SMILES string of the molecule is O=C1OC2C3CC(CC13)C2OC(=O)C(F)(F)C(F)(F)C(F)(F)C(=O)[O-]. The molecule has 2 aliphatic carbocycles. The van der Waals surface area contributed by atoms with Crippen LogP contribution in [-0.4, -0.2) is 47.9 Å². The minimum absolute atomic E-state index is 0.134. The Morgan fingerprint density at radius 3 is 2.24 bits per heavy atom. The molecule has 2 saturated carbocycles. The number of rotatable bonds is 5. The van der Waals surface area contributed by atoms with Crippen LogP contribution >= 0.6 is 0 Å². The molecule has 12 heteroatoms. The number of fused-ring (bicyclic) bond motifs is 1. The van der Waals surface area contributed by atoms with Crippen LogP contribution in [0.3, 0.4) is 0 Å². The van der Waals surface area contributed by atoms with Gasteiger partial charge in [0.05, 0.1) is 5.92 Å². The molecule has 5 unspecified atom stereocenters. The summed E-state index contributed by atoms with van der Waals surface area (Å²) in [6.07, 6.45) is -2.17. The minimum atomic E-state index is -6.58. The number of aliphatic carboxylic acids is 1. The van der Waals surface area contributed by atoms with E-state index in [9.17, 15) is 45.8 Å². The lowest BCUT2D eigenvalue weighted by atomic mass is 9.88. The standard InChI is InChI=1S/C13H10F6O6/c14-11(15,9(21)22)13(18,19)12(16,17)10(23)25-6-3-1-4-5(2-3)8(20)24-7(4)6/h3-7H,1-2H2,(H,21,22)/p-1. The van der Waals surface area contributed by atoms with Crippen LogP contribution in [0.4, 0.5) is 26.3 Å². The lowest BCUT2D eigenvalue weighted by molar-refractivity contribution is -0.366. The third kappa shape index (κ3) is 2.15. The molecule has 3 fully saturated rings. The van der Waals surface area contributed by atoms with E-state index >= 15 is 0 Å². The van der Waals surface area contributed by atoms with Crippen LogP contribution in [0, 0.1) is 17.8 Å². The van der Waals surface area contributed by atoms with Gasteiger partial charge in [0.1, 0.15) is 18.2 Å². The minimum Gasteiger partial charge on any atom is -0.544 e. The van der Waals surface area contributed by atoms with Gasteiger partial charge < -0.3 is 19.4 Å². The third-order valence-corrected chi connectivity index (χ3v) is 4.96. The highest BCUT2D eigenvalue weighted by atomic mass is 19.3. The maximum absolute atomic E-state index is 13.6. The summed E-state index contributed by atoms with van der Waals surface area (Å²) in [5.41, 5.74) is 0. The number of carbonyl (C=O) groups excluding carboxylic acids is 3. The van der Waals surface area contributed by atoms with Crippen LogP contribution in [0.2, 0.25) is 0 Å². The molecule has 0 radical (unpaired) electrons. The molecule has 0 spiro atoms. The van der Waals surface area contributed by atoms with Crippen molar-refractivity contribution >= 4 is 17.9 Å². The van der Waals surface area contributed by atoms with Gasteiger partial charge in [0, 0.05) is 11.8 Å². The van der Waals surface area contributed by atoms with Gasteiger partial charge in [0.2, 0.25) is 0 Å². The average Bonchev–Trinajstić information content (AvgIpc) is 3.11. The molecule has 5 atom stereocenters. The maximum atomic E-state index is 13.6. The Morgan fingerprint density at radius 1 is 1.08 bits per heavy atom. The van der Waals surface area contributed by atoms with Crippen LogP contribution in [-0.2, 0) is 23.9 Å². The molecule has 0 aromatic carbocycles. The first-order chi connectivity index (χ1) is 11.3. The van der Waals surface area contributed by atoms with Crippen molar-refractivity contribution in [1.29, 1.82) is 0 Å². The van der Waals surface area contributed by atoms with Crippen LogP contribution in [0.25, 0.3) is 0 Å². The topological polar surface area (TPSA) is 92.7 Å². The quantitative estimate of drug-likeness (QED) is 0.501. The molecule has 25 heavy (non-hydrogen) atoms. The van der Waals surface area contributed by atoms with E-state index in [1.165, 1.54) is 0 Å². The van der Waals surface area contributed by atoms with E-state index in [2.05, 4.69) is 4.74 Å². The fourth-order valence-electron chi connectivity index (χ4n) is 3.72. The van der Waals surface area contributed by atoms with Gasteiger partial charge in [-0.15, -0.1) is 0 Å². The number of carbonyl (C=O) groups is 3. The summed E-state index contributed by atoms with van der Waals surface area (Å²) in [5, 5.41) is 10.0. The van der Waals surface area contributed by atoms with Crippen LogP contribution in [0.15, 0.2) is 0 Å². The van der Waals surface area contributed by atoms with E-state index in [0.717, 1.165) is 0 Å². The zero-order valence-electron chi connectivity index (χ0n) is 12.0. The highest BCUT2D eigenvalue weighted by molar-refractivity contribution is 5.83. The fourth-order valence-corrected chi connectivity index (χ4v) is 3.72. The fraction of sp³-hybridized carbons (Fsp3) is 0.769. The summed E-state index contributed by atoms with van der Waals surface area (Å²) in [4.78, 5) is 33.0. The van der Waals surface area contributed by atoms with Crippen molar-refractivity contribution in [2.75, 3.05) is 0 Å². The van der Waals surface area contributed by atoms with Crippen LogP contribution in [0.5, 0.6) is 0 Å². The number of ether oxygens (including phenoxy) is 2. The lowest BCUT2D eigenvalue weighted by Crippen LogP contribution is -2.64. The molecule has 140 valence electrons. The number of carboxylic acids is 1. The zero-order valence-corrected chi connectivity index (χ0v) is 12.0. The number of hydrogen-bond donors (Lipinski definition) is 0. The molecule has 3 aliphatic rings. The first-order valence-electron chi connectivity index (χ1n) is 7.09. The number of halogens is 6. The molecule has 6 nitrogen and oxygen atoms in total. The summed E-state index contributed by atoms with van der Waals surface area (Å²) in [5.74, 6) is -28.0. The first kappa shape index (κ1) is 17.8. The number of hydrogen-bond acceptors (Lipinski definition) is 6. The Morgan fingerprint density at radius 2 is 1.68 bits per heavy atom. The second-order valence-corrected chi connectivity index (χ2v) is 6.28. The molecule has 1 saturated heterocycles. The lowest BCUT2D eigenvalue weighted by Gasteiger charge is -2.33. The van der Waals surface area contributed by atoms with Crippen molar-refractivity contribution in [3.05, 3.63) is 0 Å². The highest BCUT2D eigenvalue weighted by Gasteiger charge is 2.77. The molecule has 0 N–H and O–H groups in total. The summed E-state index contributed by atoms with van der Waals surface area (Å²) in [7, 11) is 0. The van der Waals surface area contributed by atoms with Crippen molar-refractivity contribution in [2.45, 2.75) is 42.8 Å². The molecular weight excluding hydrogens is 366 g/mol. The number of carboxylic acid groups (broad SMARTS) is 1. The van der Waals surface area contributed by atoms with Crippen LogP contribution in [0.1, 0.15) is 12.8 Å². The molecule has 3 rings (SSSR count). The van der Waals surface area contributed by atoms with Gasteiger partial charge >= 0.3 is 29.7 Å². The van der Waals surface area contributed by atoms with E-state index in [-0.39, 0.29) is 12.8 Å². The van der Waals surface area contributed by atoms with Gasteiger partial charge in [0.15, 0.2) is 0 Å². The Kier molecular flexibility index (Phi) is 3.56. The Labute approximate surface area is 135 Å². The van der Waals surface area contributed by atoms with Crippen molar-refractivity contribution in [3.63, 3.8) is 0 Å². The first-order valence-corrected chi connectivity index (χ1v) is 7.09. The highest BCUT2D eigenvalue weighted by Crippen LogP contribution is 2.56. The normalized spacial score (nSPS) is 34.2. The number of alkyl halides is 6. The molecule has 1 aliphatic heterocycles. The summed E-state index contributed by atoms with van der Waals surface area (Å²) in [6.45, 7) is 0. The second kappa shape index (κ2) is 5.01. The van der Waals surface area contributed by atoms with Crippen LogP contribution < -0.4 is 5.11 Å². The predicted octanol–water partition coefficient (Wildman–Crippen LogP) is 0.135. The van der Waals surface area contributed by atoms with Gasteiger partial charge in [-0.05, 0) is 12.8 Å². The van der Waals surface area contributed by atoms with Crippen molar-refractivity contribution in [1.82, 2.24) is 0 Å². The molecule has 2 bridgehead atoms. The van der Waals surface area contributed by atoms with Gasteiger partial charge in [-0.1, -0.05) is 0 Å². The Bertz CT molecular complexity index is 649. The van der Waals surface area contributed by atoms with Gasteiger partial charge in [-0.2, -0.15) is 26.3 Å². The van der Waals surface area contributed by atoms with Gasteiger partial charge in [0.25, 0.3) is 0 Å². The second-order valence-electron chi connectivity index (χ2n) is 6.28. The zero-order chi connectivity index (χ0) is 18.9. The summed E-state index contributed by atoms with van der Waals surface area (Å²) < 4.78 is 88.6. The smallest absolute Gasteiger partial charge is 0.411 e. The van der Waals surface area contributed by atoms with E-state index in [4.69, 9.17) is 4.74 Å². The Balaban J connectivity index is 1.79. The van der Waals surface area contributed by atoms with E-state index < -0.39 is 65.6 Å². The van der Waals surface area contributed by atoms with Crippen molar-refractivity contribution in [3.8, 4) is 0 Å². The monoisotopic (exact) mass is 375 g/mol. The average molecular weight is 375 g/mol.